The fourth-order valence-electron chi connectivity index (χ4n) is 1.93. The van der Waals surface area contributed by atoms with Crippen molar-refractivity contribution >= 4 is 0 Å². The van der Waals surface area contributed by atoms with Crippen molar-refractivity contribution in [2.75, 3.05) is 7.11 Å². The van der Waals surface area contributed by atoms with Crippen LogP contribution in [0.25, 0.3) is 0 Å². The molecule has 96 valence electrons. The molecule has 0 saturated carbocycles. The van der Waals surface area contributed by atoms with Crippen LogP contribution >= 0.6 is 0 Å². The topological polar surface area (TPSA) is 60.2 Å². The van der Waals surface area contributed by atoms with Crippen molar-refractivity contribution in [1.82, 2.24) is 14.8 Å². The summed E-state index contributed by atoms with van der Waals surface area (Å²) in [6.45, 7) is 2.74. The number of aliphatic hydroxyl groups is 1. The molecule has 1 atom stereocenters. The van der Waals surface area contributed by atoms with E-state index in [0.29, 0.717) is 12.2 Å². The first-order valence-electron chi connectivity index (χ1n) is 5.94. The first-order chi connectivity index (χ1) is 8.76. The molecule has 0 amide bonds. The Hall–Kier alpha value is -1.88. The quantitative estimate of drug-likeness (QED) is 0.871. The maximum atomic E-state index is 10.3. The highest BCUT2D eigenvalue weighted by molar-refractivity contribution is 5.35. The normalized spacial score (nSPS) is 12.4. The van der Waals surface area contributed by atoms with E-state index in [1.807, 2.05) is 31.2 Å². The predicted molar refractivity (Wildman–Crippen MR) is 67.4 cm³/mol. The lowest BCUT2D eigenvalue weighted by molar-refractivity contribution is 0.170. The van der Waals surface area contributed by atoms with Crippen LogP contribution in [-0.2, 0) is 13.0 Å². The van der Waals surface area contributed by atoms with E-state index in [1.165, 1.54) is 6.33 Å². The summed E-state index contributed by atoms with van der Waals surface area (Å²) >= 11 is 0. The first kappa shape index (κ1) is 12.6. The third-order valence-corrected chi connectivity index (χ3v) is 2.87. The summed E-state index contributed by atoms with van der Waals surface area (Å²) in [5.74, 6) is 1.46. The molecule has 0 aliphatic carbocycles. The number of hydrogen-bond donors (Lipinski definition) is 1. The van der Waals surface area contributed by atoms with Gasteiger partial charge < -0.3 is 9.84 Å². The predicted octanol–water partition coefficient (Wildman–Crippen LogP) is 1.58. The van der Waals surface area contributed by atoms with Crippen molar-refractivity contribution in [1.29, 1.82) is 0 Å². The second-order valence-electron chi connectivity index (χ2n) is 3.95. The molecule has 2 aromatic rings. The number of nitrogens with zero attached hydrogens (tertiary/aromatic N) is 3. The SMILES string of the molecule is CCn1ncnc1CC(O)c1ccccc1OC. The van der Waals surface area contributed by atoms with Crippen LogP contribution < -0.4 is 4.74 Å². The summed E-state index contributed by atoms with van der Waals surface area (Å²) in [6.07, 6.45) is 1.29. The summed E-state index contributed by atoms with van der Waals surface area (Å²) in [5, 5.41) is 14.4. The molecule has 1 unspecified atom stereocenters. The number of methoxy groups -OCH3 is 1. The van der Waals surface area contributed by atoms with Gasteiger partial charge in [0.25, 0.3) is 0 Å². The average Bonchev–Trinajstić information content (AvgIpc) is 2.85. The Morgan fingerprint density at radius 1 is 1.39 bits per heavy atom. The smallest absolute Gasteiger partial charge is 0.138 e. The van der Waals surface area contributed by atoms with Gasteiger partial charge in [0, 0.05) is 18.5 Å². The number of hydrogen-bond acceptors (Lipinski definition) is 4. The Bertz CT molecular complexity index is 510. The van der Waals surface area contributed by atoms with Gasteiger partial charge in [0.15, 0.2) is 0 Å². The lowest BCUT2D eigenvalue weighted by Crippen LogP contribution is -2.10. The molecule has 0 spiro atoms. The summed E-state index contributed by atoms with van der Waals surface area (Å²) in [7, 11) is 1.60. The second-order valence-corrected chi connectivity index (χ2v) is 3.95. The number of rotatable bonds is 5. The van der Waals surface area contributed by atoms with E-state index in [4.69, 9.17) is 4.74 Å². The van der Waals surface area contributed by atoms with E-state index in [2.05, 4.69) is 10.1 Å². The number of ether oxygens (including phenoxy) is 1. The molecule has 2 rings (SSSR count). The van der Waals surface area contributed by atoms with Crippen molar-refractivity contribution in [3.05, 3.63) is 42.0 Å². The molecule has 0 aliphatic heterocycles. The Labute approximate surface area is 106 Å². The van der Waals surface area contributed by atoms with E-state index >= 15 is 0 Å². The monoisotopic (exact) mass is 247 g/mol. The van der Waals surface area contributed by atoms with E-state index in [-0.39, 0.29) is 0 Å². The van der Waals surface area contributed by atoms with Gasteiger partial charge in [0.05, 0.1) is 13.2 Å². The summed E-state index contributed by atoms with van der Waals surface area (Å²) in [6, 6.07) is 7.45. The minimum atomic E-state index is -0.643. The van der Waals surface area contributed by atoms with E-state index < -0.39 is 6.10 Å². The maximum absolute atomic E-state index is 10.3. The molecule has 0 bridgehead atoms. The van der Waals surface area contributed by atoms with Gasteiger partial charge in [-0.2, -0.15) is 5.10 Å². The Kier molecular flexibility index (Phi) is 3.94. The van der Waals surface area contributed by atoms with Crippen molar-refractivity contribution in [2.45, 2.75) is 26.0 Å². The highest BCUT2D eigenvalue weighted by Crippen LogP contribution is 2.26. The molecular weight excluding hydrogens is 230 g/mol. The molecule has 0 aliphatic rings. The number of aliphatic hydroxyl groups excluding tert-OH is 1. The van der Waals surface area contributed by atoms with E-state index in [9.17, 15) is 5.11 Å². The number of benzene rings is 1. The van der Waals surface area contributed by atoms with Gasteiger partial charge >= 0.3 is 0 Å². The maximum Gasteiger partial charge on any atom is 0.138 e. The van der Waals surface area contributed by atoms with Gasteiger partial charge in [-0.25, -0.2) is 4.98 Å². The zero-order chi connectivity index (χ0) is 13.0. The van der Waals surface area contributed by atoms with Gasteiger partial charge in [-0.1, -0.05) is 18.2 Å². The molecule has 1 aromatic heterocycles. The van der Waals surface area contributed by atoms with Crippen LogP contribution in [0.1, 0.15) is 24.4 Å². The molecule has 18 heavy (non-hydrogen) atoms. The van der Waals surface area contributed by atoms with Crippen LogP contribution in [0.3, 0.4) is 0 Å². The largest absolute Gasteiger partial charge is 0.496 e. The highest BCUT2D eigenvalue weighted by atomic mass is 16.5. The Morgan fingerprint density at radius 2 is 2.17 bits per heavy atom. The van der Waals surface area contributed by atoms with Gasteiger partial charge in [-0.15, -0.1) is 0 Å². The Morgan fingerprint density at radius 3 is 2.89 bits per heavy atom. The van der Waals surface area contributed by atoms with Crippen molar-refractivity contribution < 1.29 is 9.84 Å². The number of aryl methyl sites for hydroxylation is 1. The van der Waals surface area contributed by atoms with Crippen LogP contribution in [0.5, 0.6) is 5.75 Å². The van der Waals surface area contributed by atoms with Crippen LogP contribution in [0, 0.1) is 0 Å². The molecule has 1 aromatic carbocycles. The molecule has 0 radical (unpaired) electrons. The average molecular weight is 247 g/mol. The van der Waals surface area contributed by atoms with E-state index in [0.717, 1.165) is 17.9 Å². The molecule has 0 saturated heterocycles. The molecule has 5 nitrogen and oxygen atoms in total. The fourth-order valence-corrected chi connectivity index (χ4v) is 1.93. The van der Waals surface area contributed by atoms with Gasteiger partial charge in [0.2, 0.25) is 0 Å². The third-order valence-electron chi connectivity index (χ3n) is 2.87. The standard InChI is InChI=1S/C13H17N3O2/c1-3-16-13(14-9-15-16)8-11(17)10-6-4-5-7-12(10)18-2/h4-7,9,11,17H,3,8H2,1-2H3. The highest BCUT2D eigenvalue weighted by Gasteiger charge is 2.16. The lowest BCUT2D eigenvalue weighted by Gasteiger charge is -2.14. The van der Waals surface area contributed by atoms with Crippen LogP contribution in [-0.4, -0.2) is 27.0 Å². The summed E-state index contributed by atoms with van der Waals surface area (Å²) < 4.78 is 7.02. The Balaban J connectivity index is 2.19. The van der Waals surface area contributed by atoms with Crippen LogP contribution in [0.15, 0.2) is 30.6 Å². The van der Waals surface area contributed by atoms with Gasteiger partial charge in [-0.05, 0) is 13.0 Å². The first-order valence-corrected chi connectivity index (χ1v) is 5.94. The summed E-state index contributed by atoms with van der Waals surface area (Å²) in [4.78, 5) is 4.16. The van der Waals surface area contributed by atoms with Crippen LogP contribution in [0.4, 0.5) is 0 Å². The lowest BCUT2D eigenvalue weighted by atomic mass is 10.1. The minimum absolute atomic E-state index is 0.425. The fraction of sp³-hybridized carbons (Fsp3) is 0.385. The summed E-state index contributed by atoms with van der Waals surface area (Å²) in [5.41, 5.74) is 0.769. The van der Waals surface area contributed by atoms with Crippen molar-refractivity contribution in [3.8, 4) is 5.75 Å². The number of aromatic nitrogens is 3. The van der Waals surface area contributed by atoms with Gasteiger partial charge in [0.1, 0.15) is 17.9 Å². The zero-order valence-electron chi connectivity index (χ0n) is 10.6. The minimum Gasteiger partial charge on any atom is -0.496 e. The second kappa shape index (κ2) is 5.64. The van der Waals surface area contributed by atoms with E-state index in [1.54, 1.807) is 11.8 Å². The molecule has 1 heterocycles. The van der Waals surface area contributed by atoms with Gasteiger partial charge in [-0.3, -0.25) is 4.68 Å². The third kappa shape index (κ3) is 2.51. The molecule has 5 heteroatoms. The molecule has 1 N–H and O–H groups in total. The van der Waals surface area contributed by atoms with Crippen molar-refractivity contribution in [2.24, 2.45) is 0 Å². The number of para-hydroxylation sites is 1. The molecular formula is C13H17N3O2. The van der Waals surface area contributed by atoms with Crippen molar-refractivity contribution in [3.63, 3.8) is 0 Å². The zero-order valence-corrected chi connectivity index (χ0v) is 10.6. The molecule has 0 fully saturated rings. The van der Waals surface area contributed by atoms with Crippen LogP contribution in [0.2, 0.25) is 0 Å².